The van der Waals surface area contributed by atoms with Crippen molar-refractivity contribution in [1.29, 1.82) is 0 Å². The highest BCUT2D eigenvalue weighted by molar-refractivity contribution is 5.69. The molecule has 0 radical (unpaired) electrons. The van der Waals surface area contributed by atoms with E-state index in [4.69, 9.17) is 9.47 Å². The lowest BCUT2D eigenvalue weighted by molar-refractivity contribution is -0.111. The lowest BCUT2D eigenvalue weighted by Gasteiger charge is -2.06. The molecule has 0 saturated carbocycles. The third-order valence-corrected chi connectivity index (χ3v) is 2.69. The zero-order valence-electron chi connectivity index (χ0n) is 11.5. The van der Waals surface area contributed by atoms with Gasteiger partial charge in [0.15, 0.2) is 18.8 Å². The molecule has 1 aromatic carbocycles. The Balaban J connectivity index is 2.17. The highest BCUT2D eigenvalue weighted by Crippen LogP contribution is 2.05. The first-order valence-electron chi connectivity index (χ1n) is 6.76. The quantitative estimate of drug-likeness (QED) is 0.211. The van der Waals surface area contributed by atoms with Gasteiger partial charge in [-0.2, -0.15) is 0 Å². The van der Waals surface area contributed by atoms with Crippen LogP contribution in [0.2, 0.25) is 0 Å². The molecule has 0 spiro atoms. The molecule has 3 heteroatoms. The summed E-state index contributed by atoms with van der Waals surface area (Å²) in [6.45, 7) is 2.74. The molecule has 0 saturated heterocycles. The molecule has 0 aliphatic carbocycles. The summed E-state index contributed by atoms with van der Waals surface area (Å²) in [6, 6.07) is 9.86. The molecule has 104 valence electrons. The predicted octanol–water partition coefficient (Wildman–Crippen LogP) is 3.84. The highest BCUT2D eigenvalue weighted by Gasteiger charge is 1.97. The minimum absolute atomic E-state index is 0.104. The van der Waals surface area contributed by atoms with Crippen molar-refractivity contribution >= 4 is 6.29 Å². The number of unbranched alkanes of at least 4 members (excludes halogenated alkanes) is 3. The molecule has 0 atom stereocenters. The van der Waals surface area contributed by atoms with Crippen molar-refractivity contribution in [2.45, 2.75) is 39.2 Å². The van der Waals surface area contributed by atoms with Crippen LogP contribution in [0.1, 0.15) is 38.2 Å². The SMILES string of the molecule is CCCCC/C=C(\C=O)OCOCc1ccccc1. The number of hydrogen-bond donors (Lipinski definition) is 0. The van der Waals surface area contributed by atoms with E-state index in [1.165, 1.54) is 12.8 Å². The second-order valence-corrected chi connectivity index (χ2v) is 4.32. The second kappa shape index (κ2) is 10.3. The number of carbonyl (C=O) groups excluding carboxylic acids is 1. The van der Waals surface area contributed by atoms with Crippen LogP contribution in [0.4, 0.5) is 0 Å². The summed E-state index contributed by atoms with van der Waals surface area (Å²) in [7, 11) is 0. The van der Waals surface area contributed by atoms with E-state index in [0.717, 1.165) is 24.7 Å². The van der Waals surface area contributed by atoms with E-state index in [0.29, 0.717) is 12.4 Å². The van der Waals surface area contributed by atoms with E-state index in [9.17, 15) is 4.79 Å². The highest BCUT2D eigenvalue weighted by atomic mass is 16.7. The van der Waals surface area contributed by atoms with Gasteiger partial charge in [0.25, 0.3) is 0 Å². The fourth-order valence-electron chi connectivity index (χ4n) is 1.62. The van der Waals surface area contributed by atoms with E-state index < -0.39 is 0 Å². The first kappa shape index (κ1) is 15.4. The van der Waals surface area contributed by atoms with Crippen LogP contribution in [-0.2, 0) is 20.9 Å². The summed E-state index contributed by atoms with van der Waals surface area (Å²) in [5.74, 6) is 0.365. The first-order valence-corrected chi connectivity index (χ1v) is 6.76. The van der Waals surface area contributed by atoms with E-state index in [-0.39, 0.29) is 6.79 Å². The number of ether oxygens (including phenoxy) is 2. The predicted molar refractivity (Wildman–Crippen MR) is 75.5 cm³/mol. The third-order valence-electron chi connectivity index (χ3n) is 2.69. The molecule has 0 fully saturated rings. The van der Waals surface area contributed by atoms with Crippen LogP contribution in [0.5, 0.6) is 0 Å². The Bertz CT molecular complexity index is 371. The van der Waals surface area contributed by atoms with Gasteiger partial charge in [0.05, 0.1) is 6.61 Å². The molecule has 0 amide bonds. The molecule has 1 rings (SSSR count). The van der Waals surface area contributed by atoms with Crippen LogP contribution in [0.25, 0.3) is 0 Å². The van der Waals surface area contributed by atoms with Gasteiger partial charge in [0.2, 0.25) is 0 Å². The fourth-order valence-corrected chi connectivity index (χ4v) is 1.62. The van der Waals surface area contributed by atoms with Crippen molar-refractivity contribution in [2.24, 2.45) is 0 Å². The van der Waals surface area contributed by atoms with Gasteiger partial charge in [-0.05, 0) is 24.5 Å². The van der Waals surface area contributed by atoms with Crippen molar-refractivity contribution in [3.8, 4) is 0 Å². The molecule has 0 heterocycles. The van der Waals surface area contributed by atoms with Gasteiger partial charge in [-0.1, -0.05) is 50.1 Å². The lowest BCUT2D eigenvalue weighted by Crippen LogP contribution is -2.01. The monoisotopic (exact) mass is 262 g/mol. The summed E-state index contributed by atoms with van der Waals surface area (Å²) >= 11 is 0. The topological polar surface area (TPSA) is 35.5 Å². The third kappa shape index (κ3) is 7.42. The Labute approximate surface area is 115 Å². The molecular formula is C16H22O3. The average Bonchev–Trinajstić information content (AvgIpc) is 2.46. The number of benzene rings is 1. The lowest BCUT2D eigenvalue weighted by atomic mass is 10.2. The maximum Gasteiger partial charge on any atom is 0.189 e. The van der Waals surface area contributed by atoms with E-state index in [2.05, 4.69) is 6.92 Å². The van der Waals surface area contributed by atoms with Crippen LogP contribution in [0.15, 0.2) is 42.2 Å². The van der Waals surface area contributed by atoms with E-state index in [1.807, 2.05) is 36.4 Å². The molecule has 1 aromatic rings. The summed E-state index contributed by atoms with van der Waals surface area (Å²) in [6.07, 6.45) is 6.87. The van der Waals surface area contributed by atoms with Gasteiger partial charge in [-0.3, -0.25) is 4.79 Å². The number of allylic oxidation sites excluding steroid dienone is 2. The number of aldehydes is 1. The van der Waals surface area contributed by atoms with Crippen molar-refractivity contribution in [1.82, 2.24) is 0 Å². The van der Waals surface area contributed by atoms with E-state index >= 15 is 0 Å². The van der Waals surface area contributed by atoms with Crippen LogP contribution >= 0.6 is 0 Å². The molecule has 0 aromatic heterocycles. The van der Waals surface area contributed by atoms with Crippen molar-refractivity contribution in [3.05, 3.63) is 47.7 Å². The Morgan fingerprint density at radius 2 is 2.00 bits per heavy atom. The van der Waals surface area contributed by atoms with Crippen LogP contribution < -0.4 is 0 Å². The first-order chi connectivity index (χ1) is 9.36. The zero-order chi connectivity index (χ0) is 13.8. The normalized spacial score (nSPS) is 11.3. The molecule has 3 nitrogen and oxygen atoms in total. The molecule has 0 aliphatic heterocycles. The molecule has 0 bridgehead atoms. The van der Waals surface area contributed by atoms with Crippen LogP contribution in [-0.4, -0.2) is 13.1 Å². The Hall–Kier alpha value is -1.61. The summed E-state index contributed by atoms with van der Waals surface area (Å²) < 4.78 is 10.6. The minimum Gasteiger partial charge on any atom is -0.464 e. The minimum atomic E-state index is 0.104. The molecule has 0 aliphatic rings. The maximum absolute atomic E-state index is 10.8. The van der Waals surface area contributed by atoms with Gasteiger partial charge in [0.1, 0.15) is 0 Å². The molecule has 0 unspecified atom stereocenters. The number of hydrogen-bond acceptors (Lipinski definition) is 3. The van der Waals surface area contributed by atoms with Crippen LogP contribution in [0, 0.1) is 0 Å². The zero-order valence-corrected chi connectivity index (χ0v) is 11.5. The van der Waals surface area contributed by atoms with Crippen molar-refractivity contribution in [2.75, 3.05) is 6.79 Å². The summed E-state index contributed by atoms with van der Waals surface area (Å²) in [5, 5.41) is 0. The Kier molecular flexibility index (Phi) is 8.39. The van der Waals surface area contributed by atoms with Gasteiger partial charge in [0, 0.05) is 0 Å². The average molecular weight is 262 g/mol. The van der Waals surface area contributed by atoms with Gasteiger partial charge >= 0.3 is 0 Å². The maximum atomic E-state index is 10.8. The fraction of sp³-hybridized carbons (Fsp3) is 0.438. The molecular weight excluding hydrogens is 240 g/mol. The molecule has 19 heavy (non-hydrogen) atoms. The van der Waals surface area contributed by atoms with Crippen molar-refractivity contribution in [3.63, 3.8) is 0 Å². The Morgan fingerprint density at radius 1 is 1.21 bits per heavy atom. The summed E-state index contributed by atoms with van der Waals surface area (Å²) in [4.78, 5) is 10.8. The summed E-state index contributed by atoms with van der Waals surface area (Å²) in [5.41, 5.74) is 1.09. The van der Waals surface area contributed by atoms with Crippen molar-refractivity contribution < 1.29 is 14.3 Å². The van der Waals surface area contributed by atoms with E-state index in [1.54, 1.807) is 0 Å². The van der Waals surface area contributed by atoms with Gasteiger partial charge < -0.3 is 9.47 Å². The van der Waals surface area contributed by atoms with Gasteiger partial charge in [-0.15, -0.1) is 0 Å². The molecule has 0 N–H and O–H groups in total. The largest absolute Gasteiger partial charge is 0.464 e. The van der Waals surface area contributed by atoms with Crippen LogP contribution in [0.3, 0.4) is 0 Å². The standard InChI is InChI=1S/C16H22O3/c1-2-3-4-8-11-16(12-17)19-14-18-13-15-9-6-5-7-10-15/h5-7,9-12H,2-4,8,13-14H2,1H3/b16-11+. The Morgan fingerprint density at radius 3 is 2.68 bits per heavy atom. The van der Waals surface area contributed by atoms with Gasteiger partial charge in [-0.25, -0.2) is 0 Å². The number of carbonyl (C=O) groups is 1. The smallest absolute Gasteiger partial charge is 0.189 e. The number of rotatable bonds is 10. The second-order valence-electron chi connectivity index (χ2n) is 4.32.